The molecule has 2 aliphatic rings. The highest BCUT2D eigenvalue weighted by Gasteiger charge is 2.35. The molecular formula is C42H45N5O8S. The van der Waals surface area contributed by atoms with Crippen LogP contribution in [0.25, 0.3) is 33.4 Å². The summed E-state index contributed by atoms with van der Waals surface area (Å²) in [5.74, 6) is 0.159. The number of fused-ring (bicyclic) bond motifs is 3. The number of nitrogens with zero attached hydrogens (tertiary/aromatic N) is 5. The Morgan fingerprint density at radius 3 is 2.12 bits per heavy atom. The third-order valence-electron chi connectivity index (χ3n) is 10.4. The summed E-state index contributed by atoms with van der Waals surface area (Å²) < 4.78 is 36.3. The summed E-state index contributed by atoms with van der Waals surface area (Å²) in [4.78, 5) is 49.9. The highest BCUT2D eigenvalue weighted by Crippen LogP contribution is 2.46. The summed E-state index contributed by atoms with van der Waals surface area (Å²) in [6, 6.07) is 21.5. The number of pyridine rings is 1. The Morgan fingerprint density at radius 1 is 0.929 bits per heavy atom. The molecule has 56 heavy (non-hydrogen) atoms. The number of esters is 1. The van der Waals surface area contributed by atoms with E-state index in [1.54, 1.807) is 64.1 Å². The molecule has 2 aliphatic heterocycles. The van der Waals surface area contributed by atoms with Gasteiger partial charge in [-0.05, 0) is 99.8 Å². The molecule has 292 valence electrons. The fourth-order valence-corrected chi connectivity index (χ4v) is 8.66. The van der Waals surface area contributed by atoms with Crippen molar-refractivity contribution >= 4 is 50.3 Å². The molecule has 1 saturated heterocycles. The highest BCUT2D eigenvalue weighted by atomic mass is 32.2. The van der Waals surface area contributed by atoms with Crippen molar-refractivity contribution in [3.05, 3.63) is 95.7 Å². The zero-order valence-electron chi connectivity index (χ0n) is 32.3. The molecule has 2 aromatic heterocycles. The third-order valence-corrected chi connectivity index (χ3v) is 12.1. The number of aromatic nitrogens is 2. The summed E-state index contributed by atoms with van der Waals surface area (Å²) in [7, 11) is 0.154. The van der Waals surface area contributed by atoms with Gasteiger partial charge >= 0.3 is 18.1 Å². The number of hydrogen-bond acceptors (Lipinski definition) is 9. The maximum atomic E-state index is 13.9. The average Bonchev–Trinajstić information content (AvgIpc) is 3.52. The van der Waals surface area contributed by atoms with Gasteiger partial charge in [0, 0.05) is 42.0 Å². The van der Waals surface area contributed by atoms with E-state index in [2.05, 4.69) is 9.88 Å². The molecular weight excluding hydrogens is 735 g/mol. The van der Waals surface area contributed by atoms with Gasteiger partial charge in [-0.3, -0.25) is 14.7 Å². The Morgan fingerprint density at radius 2 is 1.55 bits per heavy atom. The van der Waals surface area contributed by atoms with Crippen molar-refractivity contribution in [1.82, 2.24) is 14.5 Å². The quantitative estimate of drug-likeness (QED) is 0.157. The van der Waals surface area contributed by atoms with Crippen molar-refractivity contribution in [2.24, 2.45) is 0 Å². The van der Waals surface area contributed by atoms with Crippen molar-refractivity contribution in [3.8, 4) is 28.1 Å². The van der Waals surface area contributed by atoms with Crippen molar-refractivity contribution in [2.45, 2.75) is 57.6 Å². The Balaban J connectivity index is 1.32. The number of piperidine rings is 1. The number of amides is 2. The normalized spacial score (nSPS) is 15.6. The minimum absolute atomic E-state index is 0.102. The summed E-state index contributed by atoms with van der Waals surface area (Å²) in [5, 5.41) is 11.1. The van der Waals surface area contributed by atoms with Gasteiger partial charge in [0.2, 0.25) is 0 Å². The van der Waals surface area contributed by atoms with Crippen molar-refractivity contribution in [2.75, 3.05) is 43.3 Å². The Bertz CT molecular complexity index is 2430. The number of carbonyl (C=O) groups is 3. The molecule has 1 fully saturated rings. The van der Waals surface area contributed by atoms with E-state index in [4.69, 9.17) is 9.47 Å². The monoisotopic (exact) mass is 779 g/mol. The van der Waals surface area contributed by atoms with E-state index < -0.39 is 27.5 Å². The van der Waals surface area contributed by atoms with Gasteiger partial charge in [-0.1, -0.05) is 36.4 Å². The van der Waals surface area contributed by atoms with Gasteiger partial charge in [-0.2, -0.15) is 0 Å². The van der Waals surface area contributed by atoms with Gasteiger partial charge in [-0.25, -0.2) is 32.4 Å². The second kappa shape index (κ2) is 14.7. The summed E-state index contributed by atoms with van der Waals surface area (Å²) in [5.41, 5.74) is 5.14. The van der Waals surface area contributed by atoms with E-state index in [1.807, 2.05) is 48.5 Å². The number of hydrogen-bond donors (Lipinski definition) is 1. The van der Waals surface area contributed by atoms with Crippen molar-refractivity contribution in [1.29, 1.82) is 0 Å². The number of likely N-dealkylation sites (tertiary alicyclic amines) is 1. The number of benzene rings is 3. The van der Waals surface area contributed by atoms with Crippen LogP contribution in [0, 0.1) is 0 Å². The second-order valence-electron chi connectivity index (χ2n) is 15.4. The molecule has 0 unspecified atom stereocenters. The zero-order valence-corrected chi connectivity index (χ0v) is 33.1. The molecule has 7 rings (SSSR count). The van der Waals surface area contributed by atoms with Gasteiger partial charge in [-0.15, -0.1) is 0 Å². The molecule has 2 amide bonds. The highest BCUT2D eigenvalue weighted by molar-refractivity contribution is 7.91. The number of methoxy groups -OCH3 is 1. The first-order chi connectivity index (χ1) is 26.5. The lowest BCUT2D eigenvalue weighted by Crippen LogP contribution is -2.45. The standard InChI is InChI=1S/C42H45N5O8S/c1-42(2,3)55-39(48)29-11-15-30(16-12-29)46-25-33-34(44(4)40(46)49)23-43-38-36(33)35(27-13-17-31(54-5)18-14-27)37(47(38)41(50)51)28-9-7-26(8-10-28)24-45-21-19-32(20-22-45)56(6,52)53/h7-18,23,32H,19-22,24-25H2,1-6H3,(H,50,51). The number of rotatable bonds is 8. The smallest absolute Gasteiger partial charge is 0.417 e. The first-order valence-corrected chi connectivity index (χ1v) is 20.3. The van der Waals surface area contributed by atoms with Crippen LogP contribution >= 0.6 is 0 Å². The molecule has 1 N–H and O–H groups in total. The summed E-state index contributed by atoms with van der Waals surface area (Å²) in [6.45, 7) is 7.47. The van der Waals surface area contributed by atoms with E-state index >= 15 is 0 Å². The third kappa shape index (κ3) is 7.46. The van der Waals surface area contributed by atoms with Crippen LogP contribution in [0.3, 0.4) is 0 Å². The van der Waals surface area contributed by atoms with Crippen LogP contribution < -0.4 is 14.5 Å². The predicted molar refractivity (Wildman–Crippen MR) is 215 cm³/mol. The fraction of sp³-hybridized carbons (Fsp3) is 0.333. The molecule has 4 heterocycles. The minimum atomic E-state index is -3.08. The van der Waals surface area contributed by atoms with Gasteiger partial charge < -0.3 is 14.6 Å². The van der Waals surface area contributed by atoms with Gasteiger partial charge in [0.25, 0.3) is 0 Å². The van der Waals surface area contributed by atoms with Crippen LogP contribution in [-0.4, -0.2) is 90.4 Å². The first kappa shape index (κ1) is 38.5. The van der Waals surface area contributed by atoms with Crippen LogP contribution in [-0.2, 0) is 27.7 Å². The van der Waals surface area contributed by atoms with Crippen LogP contribution in [0.4, 0.5) is 21.0 Å². The number of carbonyl (C=O) groups excluding carboxylic acids is 2. The second-order valence-corrected chi connectivity index (χ2v) is 17.7. The maximum Gasteiger partial charge on any atom is 0.417 e. The van der Waals surface area contributed by atoms with Gasteiger partial charge in [0.05, 0.1) is 42.0 Å². The topological polar surface area (TPSA) is 152 Å². The zero-order chi connectivity index (χ0) is 40.1. The Kier molecular flexibility index (Phi) is 10.1. The number of ether oxygens (including phenoxy) is 2. The largest absolute Gasteiger partial charge is 0.497 e. The van der Waals surface area contributed by atoms with Crippen LogP contribution in [0.1, 0.15) is 55.1 Å². The fourth-order valence-electron chi connectivity index (χ4n) is 7.59. The van der Waals surface area contributed by atoms with Gasteiger partial charge in [0.1, 0.15) is 21.2 Å². The lowest BCUT2D eigenvalue weighted by molar-refractivity contribution is 0.00693. The number of anilines is 2. The molecule has 0 aliphatic carbocycles. The van der Waals surface area contributed by atoms with E-state index in [0.717, 1.165) is 11.1 Å². The van der Waals surface area contributed by atoms with E-state index in [9.17, 15) is 27.9 Å². The molecule has 3 aromatic carbocycles. The maximum absolute atomic E-state index is 13.9. The molecule has 5 aromatic rings. The molecule has 0 spiro atoms. The van der Waals surface area contributed by atoms with Gasteiger partial charge in [0.15, 0.2) is 5.65 Å². The molecule has 0 atom stereocenters. The Labute approximate surface area is 326 Å². The van der Waals surface area contributed by atoms with E-state index in [-0.39, 0.29) is 23.5 Å². The van der Waals surface area contributed by atoms with Crippen LogP contribution in [0.15, 0.2) is 79.0 Å². The molecule has 13 nitrogen and oxygen atoms in total. The molecule has 0 radical (unpaired) electrons. The van der Waals surface area contributed by atoms with Crippen molar-refractivity contribution in [3.63, 3.8) is 0 Å². The van der Waals surface area contributed by atoms with E-state index in [1.165, 1.54) is 21.9 Å². The molecule has 14 heteroatoms. The minimum Gasteiger partial charge on any atom is -0.497 e. The predicted octanol–water partition coefficient (Wildman–Crippen LogP) is 7.45. The number of urea groups is 1. The molecule has 0 bridgehead atoms. The molecule has 0 saturated carbocycles. The lowest BCUT2D eigenvalue weighted by Gasteiger charge is -2.35. The van der Waals surface area contributed by atoms with E-state index in [0.29, 0.717) is 82.9 Å². The Hall–Kier alpha value is -5.73. The first-order valence-electron chi connectivity index (χ1n) is 18.4. The van der Waals surface area contributed by atoms with Crippen molar-refractivity contribution < 1.29 is 37.4 Å². The average molecular weight is 780 g/mol. The number of sulfone groups is 1. The number of carboxylic acid groups (broad SMARTS) is 1. The van der Waals surface area contributed by atoms with Crippen LogP contribution in [0.5, 0.6) is 5.75 Å². The summed E-state index contributed by atoms with van der Waals surface area (Å²) >= 11 is 0. The SMILES string of the molecule is COc1ccc(-c2c(-c3ccc(CN4CCC(S(C)(=O)=O)CC4)cc3)n(C(=O)O)c3ncc4c(c23)CN(c2ccc(C(=O)OC(C)(C)C)cc2)C(=O)N4C)cc1. The van der Waals surface area contributed by atoms with Crippen LogP contribution in [0.2, 0.25) is 0 Å². The lowest BCUT2D eigenvalue weighted by atomic mass is 9.94. The summed E-state index contributed by atoms with van der Waals surface area (Å²) in [6.07, 6.45) is 2.80.